The lowest BCUT2D eigenvalue weighted by Gasteiger charge is -2.23. The summed E-state index contributed by atoms with van der Waals surface area (Å²) in [5, 5.41) is 3.32. The fraction of sp³-hybridized carbons (Fsp3) is 0.636. The van der Waals surface area contributed by atoms with Crippen LogP contribution in [0.5, 0.6) is 0 Å². The van der Waals surface area contributed by atoms with Gasteiger partial charge in [-0.25, -0.2) is 8.42 Å². The van der Waals surface area contributed by atoms with Crippen LogP contribution in [-0.4, -0.2) is 27.0 Å². The van der Waals surface area contributed by atoms with Crippen LogP contribution in [-0.2, 0) is 16.3 Å². The first-order valence-electron chi connectivity index (χ1n) is 5.65. The van der Waals surface area contributed by atoms with Crippen molar-refractivity contribution in [2.75, 3.05) is 18.6 Å². The van der Waals surface area contributed by atoms with Gasteiger partial charge in [0.1, 0.15) is 9.84 Å². The van der Waals surface area contributed by atoms with Gasteiger partial charge >= 0.3 is 0 Å². The molecule has 0 saturated carbocycles. The Balaban J connectivity index is 1.99. The Bertz CT molecular complexity index is 496. The maximum atomic E-state index is 11.1. The van der Waals surface area contributed by atoms with Gasteiger partial charge in [-0.2, -0.15) is 0 Å². The summed E-state index contributed by atoms with van der Waals surface area (Å²) in [4.78, 5) is 1.35. The highest BCUT2D eigenvalue weighted by Crippen LogP contribution is 2.37. The van der Waals surface area contributed by atoms with Gasteiger partial charge < -0.3 is 5.32 Å². The lowest BCUT2D eigenvalue weighted by atomic mass is 9.94. The second kappa shape index (κ2) is 5.26. The Kier molecular flexibility index (Phi) is 4.13. The molecule has 1 atom stereocenters. The highest BCUT2D eigenvalue weighted by molar-refractivity contribution is 7.90. The van der Waals surface area contributed by atoms with Crippen molar-refractivity contribution < 1.29 is 8.42 Å². The Morgan fingerprint density at radius 2 is 2.35 bits per heavy atom. The first-order valence-corrected chi connectivity index (χ1v) is 8.90. The summed E-state index contributed by atoms with van der Waals surface area (Å²) in [6.45, 7) is 0.510. The van der Waals surface area contributed by atoms with E-state index >= 15 is 0 Å². The minimum Gasteiger partial charge on any atom is -0.309 e. The zero-order chi connectivity index (χ0) is 12.5. The number of hydrogen-bond acceptors (Lipinski definition) is 4. The van der Waals surface area contributed by atoms with Crippen molar-refractivity contribution in [3.05, 3.63) is 20.8 Å². The predicted octanol–water partition coefficient (Wildman–Crippen LogP) is 2.41. The van der Waals surface area contributed by atoms with Crippen LogP contribution in [0.25, 0.3) is 0 Å². The van der Waals surface area contributed by atoms with Crippen LogP contribution in [0.1, 0.15) is 29.3 Å². The predicted molar refractivity (Wildman–Crippen MR) is 72.7 cm³/mol. The third kappa shape index (κ3) is 3.68. The van der Waals surface area contributed by atoms with Gasteiger partial charge in [0.25, 0.3) is 0 Å². The molecule has 17 heavy (non-hydrogen) atoms. The quantitative estimate of drug-likeness (QED) is 0.927. The van der Waals surface area contributed by atoms with E-state index in [9.17, 15) is 8.42 Å². The third-order valence-electron chi connectivity index (χ3n) is 2.95. The summed E-state index contributed by atoms with van der Waals surface area (Å²) in [6.07, 6.45) is 4.56. The maximum Gasteiger partial charge on any atom is 0.148 e. The minimum absolute atomic E-state index is 0.191. The van der Waals surface area contributed by atoms with Gasteiger partial charge in [0, 0.05) is 23.7 Å². The number of halogens is 1. The number of sulfone groups is 1. The molecule has 96 valence electrons. The molecule has 1 aromatic heterocycles. The Labute approximate surface area is 111 Å². The van der Waals surface area contributed by atoms with E-state index in [-0.39, 0.29) is 11.8 Å². The first-order chi connectivity index (χ1) is 7.96. The number of fused-ring (bicyclic) bond motifs is 1. The van der Waals surface area contributed by atoms with E-state index in [1.54, 1.807) is 11.3 Å². The van der Waals surface area contributed by atoms with Crippen molar-refractivity contribution in [2.24, 2.45) is 0 Å². The fourth-order valence-electron chi connectivity index (χ4n) is 2.15. The van der Waals surface area contributed by atoms with Crippen LogP contribution >= 0.6 is 22.9 Å². The summed E-state index contributed by atoms with van der Waals surface area (Å²) in [5.74, 6) is 0.191. The second-order valence-corrected chi connectivity index (χ2v) is 8.49. The summed E-state index contributed by atoms with van der Waals surface area (Å²) < 4.78 is 23.0. The van der Waals surface area contributed by atoms with Crippen LogP contribution in [0, 0.1) is 0 Å². The second-order valence-electron chi connectivity index (χ2n) is 4.46. The van der Waals surface area contributed by atoms with E-state index in [2.05, 4.69) is 5.32 Å². The van der Waals surface area contributed by atoms with Crippen LogP contribution < -0.4 is 5.32 Å². The monoisotopic (exact) mass is 293 g/mol. The molecule has 3 nitrogen and oxygen atoms in total. The zero-order valence-electron chi connectivity index (χ0n) is 9.70. The van der Waals surface area contributed by atoms with Crippen molar-refractivity contribution in [3.63, 3.8) is 0 Å². The molecular weight excluding hydrogens is 278 g/mol. The standard InChI is InChI=1S/C11H16ClNO2S2/c1-17(14,15)6-5-13-9-3-2-4-10-8(9)7-11(12)16-10/h7,9,13H,2-6H2,1H3. The molecule has 1 aliphatic carbocycles. The number of aryl methyl sites for hydroxylation is 1. The Hall–Kier alpha value is -0.100. The zero-order valence-corrected chi connectivity index (χ0v) is 12.1. The normalized spacial score (nSPS) is 20.2. The van der Waals surface area contributed by atoms with Gasteiger partial charge in [0.05, 0.1) is 10.1 Å². The molecule has 0 bridgehead atoms. The van der Waals surface area contributed by atoms with Gasteiger partial charge in [-0.3, -0.25) is 0 Å². The molecule has 0 radical (unpaired) electrons. The van der Waals surface area contributed by atoms with Gasteiger partial charge in [0.2, 0.25) is 0 Å². The minimum atomic E-state index is -2.88. The molecule has 1 heterocycles. The molecule has 1 N–H and O–H groups in total. The molecule has 0 amide bonds. The average Bonchev–Trinajstić information content (AvgIpc) is 2.57. The van der Waals surface area contributed by atoms with Crippen molar-refractivity contribution in [1.29, 1.82) is 0 Å². The van der Waals surface area contributed by atoms with E-state index in [4.69, 9.17) is 11.6 Å². The topological polar surface area (TPSA) is 46.2 Å². The summed E-state index contributed by atoms with van der Waals surface area (Å²) in [7, 11) is -2.88. The molecule has 0 aromatic carbocycles. The Morgan fingerprint density at radius 1 is 1.59 bits per heavy atom. The highest BCUT2D eigenvalue weighted by atomic mass is 35.5. The SMILES string of the molecule is CS(=O)(=O)CCNC1CCCc2sc(Cl)cc21. The molecule has 2 rings (SSSR count). The maximum absolute atomic E-state index is 11.1. The van der Waals surface area contributed by atoms with Crippen molar-refractivity contribution in [2.45, 2.75) is 25.3 Å². The van der Waals surface area contributed by atoms with Crippen molar-refractivity contribution in [3.8, 4) is 0 Å². The molecule has 1 unspecified atom stereocenters. The van der Waals surface area contributed by atoms with Crippen LogP contribution in [0.4, 0.5) is 0 Å². The fourth-order valence-corrected chi connectivity index (χ4v) is 4.02. The Morgan fingerprint density at radius 3 is 3.06 bits per heavy atom. The van der Waals surface area contributed by atoms with E-state index in [0.29, 0.717) is 6.54 Å². The summed E-state index contributed by atoms with van der Waals surface area (Å²) in [5.41, 5.74) is 1.26. The molecule has 0 fully saturated rings. The lowest BCUT2D eigenvalue weighted by molar-refractivity contribution is 0.475. The van der Waals surface area contributed by atoms with Crippen LogP contribution in [0.2, 0.25) is 4.34 Å². The average molecular weight is 294 g/mol. The van der Waals surface area contributed by atoms with E-state index < -0.39 is 9.84 Å². The molecule has 0 saturated heterocycles. The van der Waals surface area contributed by atoms with E-state index in [0.717, 1.165) is 23.6 Å². The molecule has 1 aliphatic rings. The number of thiophene rings is 1. The molecule has 0 aliphatic heterocycles. The smallest absolute Gasteiger partial charge is 0.148 e. The van der Waals surface area contributed by atoms with Gasteiger partial charge in [-0.15, -0.1) is 11.3 Å². The first kappa shape index (κ1) is 13.3. The summed E-state index contributed by atoms with van der Waals surface area (Å²) in [6, 6.07) is 2.28. The molecule has 1 aromatic rings. The van der Waals surface area contributed by atoms with Crippen LogP contribution in [0.3, 0.4) is 0 Å². The third-order valence-corrected chi connectivity index (χ3v) is 5.23. The molecular formula is C11H16ClNO2S2. The van der Waals surface area contributed by atoms with Crippen LogP contribution in [0.15, 0.2) is 6.07 Å². The lowest BCUT2D eigenvalue weighted by Crippen LogP contribution is -2.28. The number of hydrogen-bond donors (Lipinski definition) is 1. The van der Waals surface area contributed by atoms with Gasteiger partial charge in [0.15, 0.2) is 0 Å². The molecule has 0 spiro atoms. The highest BCUT2D eigenvalue weighted by Gasteiger charge is 2.22. The summed E-state index contributed by atoms with van der Waals surface area (Å²) >= 11 is 7.66. The van der Waals surface area contributed by atoms with E-state index in [1.165, 1.54) is 16.7 Å². The largest absolute Gasteiger partial charge is 0.309 e. The number of nitrogens with one attached hydrogen (secondary N) is 1. The van der Waals surface area contributed by atoms with Crippen molar-refractivity contribution >= 4 is 32.8 Å². The van der Waals surface area contributed by atoms with Gasteiger partial charge in [-0.05, 0) is 30.9 Å². The molecule has 6 heteroatoms. The number of rotatable bonds is 4. The van der Waals surface area contributed by atoms with Gasteiger partial charge in [-0.1, -0.05) is 11.6 Å². The van der Waals surface area contributed by atoms with Crippen molar-refractivity contribution in [1.82, 2.24) is 5.32 Å². The van der Waals surface area contributed by atoms with E-state index in [1.807, 2.05) is 6.07 Å².